The quantitative estimate of drug-likeness (QED) is 0.914. The first-order chi connectivity index (χ1) is 9.49. The molecule has 1 fully saturated rings. The number of carbonyl (C=O) groups is 1. The van der Waals surface area contributed by atoms with Gasteiger partial charge < -0.3 is 9.84 Å². The number of aliphatic carboxylic acids is 1. The van der Waals surface area contributed by atoms with Crippen molar-refractivity contribution in [3.05, 3.63) is 28.2 Å². The summed E-state index contributed by atoms with van der Waals surface area (Å²) in [6, 6.07) is 5.88. The fourth-order valence-corrected chi connectivity index (χ4v) is 3.18. The van der Waals surface area contributed by atoms with Gasteiger partial charge in [0.15, 0.2) is 0 Å². The van der Waals surface area contributed by atoms with Gasteiger partial charge in [-0.2, -0.15) is 0 Å². The molecule has 110 valence electrons. The van der Waals surface area contributed by atoms with Gasteiger partial charge in [0, 0.05) is 24.1 Å². The van der Waals surface area contributed by atoms with Crippen LogP contribution < -0.4 is 4.74 Å². The van der Waals surface area contributed by atoms with E-state index < -0.39 is 5.97 Å². The number of piperidine rings is 1. The highest BCUT2D eigenvalue weighted by Gasteiger charge is 2.29. The molecule has 1 aromatic carbocycles. The van der Waals surface area contributed by atoms with Gasteiger partial charge in [-0.05, 0) is 36.1 Å². The maximum absolute atomic E-state index is 11.2. The predicted molar refractivity (Wildman–Crippen MR) is 80.9 cm³/mol. The lowest BCUT2D eigenvalue weighted by molar-refractivity contribution is -0.144. The van der Waals surface area contributed by atoms with Crippen molar-refractivity contribution in [1.29, 1.82) is 0 Å². The standard InChI is InChI=1S/C15H20BrNO3/c1-10-5-12(15(18)19)9-17(7-10)8-11-6-13(20-2)3-4-14(11)16/h3-4,6,10,12H,5,7-9H2,1-2H3,(H,18,19). The number of halogens is 1. The maximum Gasteiger partial charge on any atom is 0.307 e. The summed E-state index contributed by atoms with van der Waals surface area (Å²) in [5, 5.41) is 9.22. The Morgan fingerprint density at radius 3 is 2.90 bits per heavy atom. The molecule has 2 atom stereocenters. The number of carboxylic acids is 1. The normalized spacial score (nSPS) is 23.6. The van der Waals surface area contributed by atoms with E-state index in [-0.39, 0.29) is 5.92 Å². The van der Waals surface area contributed by atoms with Crippen LogP contribution in [0.4, 0.5) is 0 Å². The molecule has 0 aromatic heterocycles. The van der Waals surface area contributed by atoms with Crippen LogP contribution in [0.1, 0.15) is 18.9 Å². The van der Waals surface area contributed by atoms with Crippen molar-refractivity contribution in [1.82, 2.24) is 4.90 Å². The van der Waals surface area contributed by atoms with Crippen LogP contribution in [0.2, 0.25) is 0 Å². The summed E-state index contributed by atoms with van der Waals surface area (Å²) in [5.41, 5.74) is 1.13. The maximum atomic E-state index is 11.2. The second-order valence-corrected chi connectivity index (χ2v) is 6.38. The molecular weight excluding hydrogens is 322 g/mol. The minimum absolute atomic E-state index is 0.261. The van der Waals surface area contributed by atoms with E-state index in [0.29, 0.717) is 12.5 Å². The molecule has 1 aliphatic rings. The van der Waals surface area contributed by atoms with Gasteiger partial charge >= 0.3 is 5.97 Å². The van der Waals surface area contributed by atoms with Gasteiger partial charge in [0.05, 0.1) is 13.0 Å². The van der Waals surface area contributed by atoms with Crippen LogP contribution in [0.3, 0.4) is 0 Å². The van der Waals surface area contributed by atoms with Gasteiger partial charge in [-0.3, -0.25) is 9.69 Å². The summed E-state index contributed by atoms with van der Waals surface area (Å²) in [5.74, 6) is 0.284. The van der Waals surface area contributed by atoms with Crippen molar-refractivity contribution >= 4 is 21.9 Å². The number of rotatable bonds is 4. The van der Waals surface area contributed by atoms with Crippen LogP contribution >= 0.6 is 15.9 Å². The largest absolute Gasteiger partial charge is 0.497 e. The summed E-state index contributed by atoms with van der Waals surface area (Å²) in [4.78, 5) is 13.4. The molecule has 20 heavy (non-hydrogen) atoms. The molecular formula is C15H20BrNO3. The molecule has 1 saturated heterocycles. The van der Waals surface area contributed by atoms with Crippen molar-refractivity contribution in [3.63, 3.8) is 0 Å². The first kappa shape index (κ1) is 15.3. The molecule has 5 heteroatoms. The van der Waals surface area contributed by atoms with Crippen LogP contribution in [0.15, 0.2) is 22.7 Å². The first-order valence-corrected chi connectivity index (χ1v) is 7.56. The van der Waals surface area contributed by atoms with Crippen molar-refractivity contribution in [2.24, 2.45) is 11.8 Å². The van der Waals surface area contributed by atoms with E-state index in [0.717, 1.165) is 35.3 Å². The second-order valence-electron chi connectivity index (χ2n) is 5.53. The molecule has 2 rings (SSSR count). The van der Waals surface area contributed by atoms with Crippen LogP contribution in [0.5, 0.6) is 5.75 Å². The van der Waals surface area contributed by atoms with E-state index in [2.05, 4.69) is 27.8 Å². The van der Waals surface area contributed by atoms with Gasteiger partial charge in [-0.25, -0.2) is 0 Å². The molecule has 0 aliphatic carbocycles. The third-order valence-corrected chi connectivity index (χ3v) is 4.51. The zero-order valence-corrected chi connectivity index (χ0v) is 13.4. The molecule has 0 spiro atoms. The summed E-state index contributed by atoms with van der Waals surface area (Å²) >= 11 is 3.55. The summed E-state index contributed by atoms with van der Waals surface area (Å²) < 4.78 is 6.28. The molecule has 1 heterocycles. The Morgan fingerprint density at radius 2 is 2.25 bits per heavy atom. The van der Waals surface area contributed by atoms with E-state index in [1.807, 2.05) is 18.2 Å². The van der Waals surface area contributed by atoms with E-state index >= 15 is 0 Å². The van der Waals surface area contributed by atoms with E-state index in [9.17, 15) is 9.90 Å². The van der Waals surface area contributed by atoms with Crippen molar-refractivity contribution in [3.8, 4) is 5.75 Å². The minimum atomic E-state index is -0.689. The van der Waals surface area contributed by atoms with Crippen LogP contribution in [0, 0.1) is 11.8 Å². The van der Waals surface area contributed by atoms with Gasteiger partial charge in [-0.15, -0.1) is 0 Å². The number of ether oxygens (including phenoxy) is 1. The number of hydrogen-bond donors (Lipinski definition) is 1. The van der Waals surface area contributed by atoms with E-state index in [4.69, 9.17) is 4.74 Å². The Labute approximate surface area is 127 Å². The number of methoxy groups -OCH3 is 1. The SMILES string of the molecule is COc1ccc(Br)c(CN2CC(C)CC(C(=O)O)C2)c1. The zero-order chi connectivity index (χ0) is 14.7. The molecule has 0 bridgehead atoms. The molecule has 1 aliphatic heterocycles. The molecule has 0 radical (unpaired) electrons. The molecule has 1 N–H and O–H groups in total. The fraction of sp³-hybridized carbons (Fsp3) is 0.533. The summed E-state index contributed by atoms with van der Waals surface area (Å²) in [7, 11) is 1.65. The summed E-state index contributed by atoms with van der Waals surface area (Å²) in [6.07, 6.45) is 0.769. The van der Waals surface area contributed by atoms with Gasteiger partial charge in [0.25, 0.3) is 0 Å². The van der Waals surface area contributed by atoms with E-state index in [1.54, 1.807) is 7.11 Å². The number of likely N-dealkylation sites (tertiary alicyclic amines) is 1. The average Bonchev–Trinajstić information content (AvgIpc) is 2.40. The lowest BCUT2D eigenvalue weighted by Crippen LogP contribution is -2.42. The zero-order valence-electron chi connectivity index (χ0n) is 11.8. The second kappa shape index (κ2) is 6.59. The summed E-state index contributed by atoms with van der Waals surface area (Å²) in [6.45, 7) is 4.41. The smallest absolute Gasteiger partial charge is 0.307 e. The number of hydrogen-bond acceptors (Lipinski definition) is 3. The lowest BCUT2D eigenvalue weighted by Gasteiger charge is -2.34. The van der Waals surface area contributed by atoms with Gasteiger partial charge in [-0.1, -0.05) is 22.9 Å². The number of benzene rings is 1. The topological polar surface area (TPSA) is 49.8 Å². The molecule has 0 amide bonds. The Morgan fingerprint density at radius 1 is 1.50 bits per heavy atom. The first-order valence-electron chi connectivity index (χ1n) is 6.77. The van der Waals surface area contributed by atoms with Crippen LogP contribution in [-0.4, -0.2) is 36.2 Å². The van der Waals surface area contributed by atoms with Gasteiger partial charge in [0.2, 0.25) is 0 Å². The Bertz CT molecular complexity index is 492. The third-order valence-electron chi connectivity index (χ3n) is 3.73. The van der Waals surface area contributed by atoms with Gasteiger partial charge in [0.1, 0.15) is 5.75 Å². The Balaban J connectivity index is 2.10. The number of nitrogens with zero attached hydrogens (tertiary/aromatic N) is 1. The molecule has 4 nitrogen and oxygen atoms in total. The fourth-order valence-electron chi connectivity index (χ4n) is 2.81. The molecule has 0 saturated carbocycles. The van der Waals surface area contributed by atoms with Crippen molar-refractivity contribution in [2.75, 3.05) is 20.2 Å². The lowest BCUT2D eigenvalue weighted by atomic mass is 9.90. The number of carboxylic acid groups (broad SMARTS) is 1. The predicted octanol–water partition coefficient (Wildman–Crippen LogP) is 3.00. The Kier molecular flexibility index (Phi) is 5.05. The van der Waals surface area contributed by atoms with E-state index in [1.165, 1.54) is 0 Å². The minimum Gasteiger partial charge on any atom is -0.497 e. The van der Waals surface area contributed by atoms with Crippen molar-refractivity contribution in [2.45, 2.75) is 19.9 Å². The Hall–Kier alpha value is -1.07. The average molecular weight is 342 g/mol. The van der Waals surface area contributed by atoms with Crippen LogP contribution in [0.25, 0.3) is 0 Å². The molecule has 2 unspecified atom stereocenters. The highest BCUT2D eigenvalue weighted by molar-refractivity contribution is 9.10. The highest BCUT2D eigenvalue weighted by atomic mass is 79.9. The van der Waals surface area contributed by atoms with Crippen LogP contribution in [-0.2, 0) is 11.3 Å². The molecule has 1 aromatic rings. The third kappa shape index (κ3) is 3.73. The van der Waals surface area contributed by atoms with Crippen molar-refractivity contribution < 1.29 is 14.6 Å². The monoisotopic (exact) mass is 341 g/mol. The highest BCUT2D eigenvalue weighted by Crippen LogP contribution is 2.27.